The summed E-state index contributed by atoms with van der Waals surface area (Å²) >= 11 is 0. The van der Waals surface area contributed by atoms with Crippen LogP contribution >= 0.6 is 0 Å². The van der Waals surface area contributed by atoms with E-state index in [-0.39, 0.29) is 6.61 Å². The number of carbonyl (C=O) groups excluding carboxylic acids is 3. The summed E-state index contributed by atoms with van der Waals surface area (Å²) in [5.41, 5.74) is -2.18. The Morgan fingerprint density at radius 3 is 2.04 bits per heavy atom. The number of hydrogen-bond donors (Lipinski definition) is 2. The minimum Gasteiger partial charge on any atom is -0.467 e. The maximum Gasteiger partial charge on any atom is 0.408 e. The lowest BCUT2D eigenvalue weighted by Gasteiger charge is -2.26. The molecule has 2 N–H and O–H groups in total. The first-order valence-electron chi connectivity index (χ1n) is 10.3. The van der Waals surface area contributed by atoms with Gasteiger partial charge in [0.05, 0.1) is 20.3 Å². The molecule has 0 aliphatic rings. The number of esters is 1. The predicted octanol–water partition coefficient (Wildman–Crippen LogP) is 3.68. The average molecular weight is 400 g/mol. The molecule has 7 heteroatoms. The number of rotatable bonds is 16. The minimum atomic E-state index is -2.18. The largest absolute Gasteiger partial charge is 0.467 e. The van der Waals surface area contributed by atoms with Crippen LogP contribution in [0, 0.1) is 0 Å². The van der Waals surface area contributed by atoms with Crippen molar-refractivity contribution in [1.82, 2.24) is 5.32 Å². The van der Waals surface area contributed by atoms with Crippen LogP contribution in [-0.4, -0.2) is 48.8 Å². The third kappa shape index (κ3) is 9.88. The number of hydrogen-bond acceptors (Lipinski definition) is 6. The van der Waals surface area contributed by atoms with Gasteiger partial charge in [-0.2, -0.15) is 0 Å². The first-order chi connectivity index (χ1) is 13.5. The van der Waals surface area contributed by atoms with Gasteiger partial charge in [0.1, 0.15) is 0 Å². The van der Waals surface area contributed by atoms with E-state index in [0.717, 1.165) is 20.0 Å². The van der Waals surface area contributed by atoms with E-state index in [1.807, 2.05) is 0 Å². The van der Waals surface area contributed by atoms with Crippen LogP contribution in [0.5, 0.6) is 0 Å². The number of allylic oxidation sites excluding steroid dienone is 1. The number of carbonyl (C=O) groups is 3. The molecule has 1 amide bonds. The van der Waals surface area contributed by atoms with Crippen molar-refractivity contribution in [2.75, 3.05) is 20.3 Å². The van der Waals surface area contributed by atoms with E-state index in [1.165, 1.54) is 51.0 Å². The van der Waals surface area contributed by atoms with Crippen molar-refractivity contribution >= 4 is 17.8 Å². The first kappa shape index (κ1) is 26.1. The maximum absolute atomic E-state index is 12.5. The van der Waals surface area contributed by atoms with Gasteiger partial charge in [-0.3, -0.25) is 10.1 Å². The van der Waals surface area contributed by atoms with Crippen molar-refractivity contribution in [2.24, 2.45) is 0 Å². The molecule has 0 aromatic heterocycles. The topological polar surface area (TPSA) is 102 Å². The van der Waals surface area contributed by atoms with Gasteiger partial charge in [0.2, 0.25) is 5.54 Å². The summed E-state index contributed by atoms with van der Waals surface area (Å²) in [6, 6.07) is 0. The molecule has 1 unspecified atom stereocenters. The van der Waals surface area contributed by atoms with E-state index < -0.39 is 30.0 Å². The maximum atomic E-state index is 12.5. The quantitative estimate of drug-likeness (QED) is 0.178. The Bertz CT molecular complexity index is 491. The van der Waals surface area contributed by atoms with Gasteiger partial charge in [-0.1, -0.05) is 64.4 Å². The van der Waals surface area contributed by atoms with Crippen LogP contribution in [0.3, 0.4) is 0 Å². The average Bonchev–Trinajstić information content (AvgIpc) is 2.69. The van der Waals surface area contributed by atoms with Gasteiger partial charge >= 0.3 is 12.1 Å². The number of alkyl carbamates (subject to hydrolysis) is 1. The van der Waals surface area contributed by atoms with Crippen molar-refractivity contribution in [3.63, 3.8) is 0 Å². The Hall–Kier alpha value is -1.89. The van der Waals surface area contributed by atoms with E-state index in [0.29, 0.717) is 6.42 Å². The van der Waals surface area contributed by atoms with Crippen molar-refractivity contribution < 1.29 is 29.0 Å². The third-order valence-corrected chi connectivity index (χ3v) is 4.53. The van der Waals surface area contributed by atoms with Crippen LogP contribution in [0.25, 0.3) is 0 Å². The van der Waals surface area contributed by atoms with Crippen LogP contribution in [0.15, 0.2) is 12.2 Å². The van der Waals surface area contributed by atoms with Crippen molar-refractivity contribution in [3.05, 3.63) is 12.2 Å². The van der Waals surface area contributed by atoms with Gasteiger partial charge < -0.3 is 14.6 Å². The first-order valence-corrected chi connectivity index (χ1v) is 10.3. The van der Waals surface area contributed by atoms with Gasteiger partial charge in [0.15, 0.2) is 5.78 Å². The van der Waals surface area contributed by atoms with Crippen LogP contribution in [0.1, 0.15) is 78.1 Å². The van der Waals surface area contributed by atoms with Crippen LogP contribution in [-0.2, 0) is 19.1 Å². The third-order valence-electron chi connectivity index (χ3n) is 4.53. The molecular weight excluding hydrogens is 362 g/mol. The summed E-state index contributed by atoms with van der Waals surface area (Å²) < 4.78 is 9.30. The number of nitrogens with one attached hydrogen (secondary N) is 1. The second-order valence-corrected chi connectivity index (χ2v) is 6.78. The molecule has 0 bridgehead atoms. The Morgan fingerprint density at radius 2 is 1.54 bits per heavy atom. The number of ketones is 1. The zero-order chi connectivity index (χ0) is 21.3. The fraction of sp³-hybridized carbons (Fsp3) is 0.762. The monoisotopic (exact) mass is 399 g/mol. The molecule has 0 aromatic carbocycles. The van der Waals surface area contributed by atoms with Gasteiger partial charge in [-0.15, -0.1) is 0 Å². The van der Waals surface area contributed by atoms with Gasteiger partial charge in [0.25, 0.3) is 0 Å². The highest BCUT2D eigenvalue weighted by Crippen LogP contribution is 2.13. The second-order valence-electron chi connectivity index (χ2n) is 6.78. The van der Waals surface area contributed by atoms with E-state index in [9.17, 15) is 19.5 Å². The zero-order valence-electron chi connectivity index (χ0n) is 17.6. The standard InChI is InChI=1S/C21H37NO6/c1-4-6-7-8-9-10-11-12-13-14-15-16-18(24)21(17-23,19(25)27-3)22-20(26)28-5-2/h15-16,23H,4-14,17H2,1-3H3,(H,22,26). The molecule has 0 aliphatic heterocycles. The van der Waals surface area contributed by atoms with E-state index in [2.05, 4.69) is 17.0 Å². The highest BCUT2D eigenvalue weighted by atomic mass is 16.6. The molecule has 162 valence electrons. The van der Waals surface area contributed by atoms with Crippen LogP contribution in [0.2, 0.25) is 0 Å². The molecule has 0 fully saturated rings. The Morgan fingerprint density at radius 1 is 0.964 bits per heavy atom. The Balaban J connectivity index is 4.42. The van der Waals surface area contributed by atoms with Gasteiger partial charge in [-0.25, -0.2) is 9.59 Å². The highest BCUT2D eigenvalue weighted by molar-refractivity contribution is 6.15. The number of ether oxygens (including phenoxy) is 2. The normalized spacial score (nSPS) is 13.1. The van der Waals surface area contributed by atoms with E-state index >= 15 is 0 Å². The number of aliphatic hydroxyl groups excluding tert-OH is 1. The zero-order valence-corrected chi connectivity index (χ0v) is 17.6. The number of amides is 1. The SMILES string of the molecule is CCCCCCCCCCCC=CC(=O)C(CO)(NC(=O)OCC)C(=O)OC. The lowest BCUT2D eigenvalue weighted by molar-refractivity contribution is -0.153. The van der Waals surface area contributed by atoms with Gasteiger partial charge in [0, 0.05) is 0 Å². The molecule has 0 spiro atoms. The van der Waals surface area contributed by atoms with Crippen LogP contribution in [0.4, 0.5) is 4.79 Å². The Kier molecular flexibility index (Phi) is 15.0. The molecule has 0 rings (SSSR count). The smallest absolute Gasteiger partial charge is 0.408 e. The lowest BCUT2D eigenvalue weighted by atomic mass is 9.94. The van der Waals surface area contributed by atoms with Gasteiger partial charge in [-0.05, 0) is 25.8 Å². The van der Waals surface area contributed by atoms with E-state index in [1.54, 1.807) is 13.0 Å². The molecule has 0 aliphatic carbocycles. The lowest BCUT2D eigenvalue weighted by Crippen LogP contribution is -2.62. The number of methoxy groups -OCH3 is 1. The summed E-state index contributed by atoms with van der Waals surface area (Å²) in [6.45, 7) is 2.95. The molecule has 7 nitrogen and oxygen atoms in total. The molecule has 1 atom stereocenters. The molecule has 0 heterocycles. The van der Waals surface area contributed by atoms with Crippen molar-refractivity contribution in [3.8, 4) is 0 Å². The fourth-order valence-electron chi connectivity index (χ4n) is 2.82. The Labute approximate surface area is 168 Å². The number of unbranched alkanes of at least 4 members (excludes halogenated alkanes) is 9. The second kappa shape index (κ2) is 16.1. The molecule has 0 aromatic rings. The van der Waals surface area contributed by atoms with Crippen LogP contribution < -0.4 is 5.32 Å². The number of aliphatic hydroxyl groups is 1. The summed E-state index contributed by atoms with van der Waals surface area (Å²) in [5, 5.41) is 11.8. The molecule has 0 saturated heterocycles. The van der Waals surface area contributed by atoms with E-state index in [4.69, 9.17) is 4.74 Å². The molecule has 28 heavy (non-hydrogen) atoms. The molecular formula is C21H37NO6. The summed E-state index contributed by atoms with van der Waals surface area (Å²) in [5.74, 6) is -1.79. The fourth-order valence-corrected chi connectivity index (χ4v) is 2.82. The summed E-state index contributed by atoms with van der Waals surface area (Å²) in [7, 11) is 1.08. The summed E-state index contributed by atoms with van der Waals surface area (Å²) in [4.78, 5) is 36.2. The van der Waals surface area contributed by atoms with Crippen molar-refractivity contribution in [1.29, 1.82) is 0 Å². The molecule has 0 radical (unpaired) electrons. The highest BCUT2D eigenvalue weighted by Gasteiger charge is 2.47. The minimum absolute atomic E-state index is 0.0666. The predicted molar refractivity (Wildman–Crippen MR) is 108 cm³/mol. The summed E-state index contributed by atoms with van der Waals surface area (Å²) in [6.07, 6.45) is 13.4. The molecule has 0 saturated carbocycles. The van der Waals surface area contributed by atoms with Crippen molar-refractivity contribution in [2.45, 2.75) is 83.6 Å².